The van der Waals surface area contributed by atoms with E-state index in [1.807, 2.05) is 37.3 Å². The van der Waals surface area contributed by atoms with Crippen molar-refractivity contribution in [3.05, 3.63) is 60.7 Å². The summed E-state index contributed by atoms with van der Waals surface area (Å²) in [5, 5.41) is 11.5. The first-order chi connectivity index (χ1) is 11.9. The van der Waals surface area contributed by atoms with Crippen molar-refractivity contribution in [2.45, 2.75) is 52.6 Å². The van der Waals surface area contributed by atoms with E-state index in [2.05, 4.69) is 0 Å². The molecule has 0 aliphatic heterocycles. The van der Waals surface area contributed by atoms with Crippen molar-refractivity contribution < 1.29 is 13.5 Å². The van der Waals surface area contributed by atoms with Gasteiger partial charge in [-0.1, -0.05) is 56.2 Å². The highest BCUT2D eigenvalue weighted by Crippen LogP contribution is 2.46. The summed E-state index contributed by atoms with van der Waals surface area (Å²) in [6.07, 6.45) is 3.27. The van der Waals surface area contributed by atoms with Gasteiger partial charge in [-0.3, -0.25) is 0 Å². The van der Waals surface area contributed by atoms with Crippen molar-refractivity contribution in [1.82, 2.24) is 0 Å². The van der Waals surface area contributed by atoms with Crippen molar-refractivity contribution in [3.8, 4) is 0 Å². The monoisotopic (exact) mass is 376 g/mol. The molecule has 3 rings (SSSR count). The van der Waals surface area contributed by atoms with E-state index < -0.39 is 20.0 Å². The molecule has 134 valence electrons. The number of aliphatic hydroxyl groups is 1. The zero-order valence-corrected chi connectivity index (χ0v) is 16.0. The van der Waals surface area contributed by atoms with Crippen molar-refractivity contribution >= 4 is 21.6 Å². The summed E-state index contributed by atoms with van der Waals surface area (Å²) in [6.45, 7) is 1.97. The first-order valence-electron chi connectivity index (χ1n) is 8.67. The molecule has 3 atom stereocenters. The molecule has 2 aromatic rings. The molecule has 0 radical (unpaired) electrons. The quantitative estimate of drug-likeness (QED) is 0.780. The smallest absolute Gasteiger partial charge is 0.193 e. The van der Waals surface area contributed by atoms with Crippen LogP contribution in [0.2, 0.25) is 0 Å². The van der Waals surface area contributed by atoms with Crippen LogP contribution in [-0.4, -0.2) is 23.7 Å². The number of hydrogen-bond acceptors (Lipinski definition) is 4. The summed E-state index contributed by atoms with van der Waals surface area (Å²) in [4.78, 5) is 1.13. The highest BCUT2D eigenvalue weighted by atomic mass is 32.3. The molecule has 0 amide bonds. The Morgan fingerprint density at radius 2 is 1.64 bits per heavy atom. The molecule has 1 saturated carbocycles. The second-order valence-electron chi connectivity index (χ2n) is 6.76. The van der Waals surface area contributed by atoms with Gasteiger partial charge >= 0.3 is 0 Å². The number of benzene rings is 2. The van der Waals surface area contributed by atoms with Crippen LogP contribution in [0.4, 0.5) is 0 Å². The summed E-state index contributed by atoms with van der Waals surface area (Å²) in [5.41, 5.74) is -1.23. The summed E-state index contributed by atoms with van der Waals surface area (Å²) >= 11 is 1.26. The lowest BCUT2D eigenvalue weighted by molar-refractivity contribution is -0.0277. The molecule has 1 N–H and O–H groups in total. The predicted octanol–water partition coefficient (Wildman–Crippen LogP) is 4.52. The SMILES string of the molecule is CC1CCCCC1(O)C(Sc1ccccc1)S(=O)(=O)c1ccccc1. The maximum absolute atomic E-state index is 13.4. The Morgan fingerprint density at radius 3 is 2.24 bits per heavy atom. The van der Waals surface area contributed by atoms with E-state index in [-0.39, 0.29) is 10.8 Å². The maximum atomic E-state index is 13.4. The first-order valence-corrected chi connectivity index (χ1v) is 11.1. The molecule has 3 unspecified atom stereocenters. The Bertz CT molecular complexity index is 790. The highest BCUT2D eigenvalue weighted by Gasteiger charge is 2.50. The van der Waals surface area contributed by atoms with E-state index in [1.165, 1.54) is 11.8 Å². The Balaban J connectivity index is 2.06. The first kappa shape index (κ1) is 18.5. The fourth-order valence-electron chi connectivity index (χ4n) is 3.50. The Labute approximate surface area is 154 Å². The molecule has 1 fully saturated rings. The van der Waals surface area contributed by atoms with Crippen LogP contribution in [0.3, 0.4) is 0 Å². The Morgan fingerprint density at radius 1 is 1.04 bits per heavy atom. The molecule has 0 aromatic heterocycles. The molecule has 2 aromatic carbocycles. The minimum Gasteiger partial charge on any atom is -0.387 e. The van der Waals surface area contributed by atoms with Gasteiger partial charge in [0.2, 0.25) is 0 Å². The van der Waals surface area contributed by atoms with Gasteiger partial charge in [0.1, 0.15) is 4.58 Å². The van der Waals surface area contributed by atoms with Gasteiger partial charge in [-0.2, -0.15) is 0 Å². The minimum absolute atomic E-state index is 0.0547. The summed E-state index contributed by atoms with van der Waals surface area (Å²) < 4.78 is 25.9. The standard InChI is InChI=1S/C20H24O3S2/c1-16-10-8-9-15-20(16,21)19(24-17-11-4-2-5-12-17)25(22,23)18-13-6-3-7-14-18/h2-7,11-14,16,19,21H,8-10,15H2,1H3. The zero-order valence-electron chi connectivity index (χ0n) is 14.3. The van der Waals surface area contributed by atoms with Gasteiger partial charge in [-0.05, 0) is 43.0 Å². The lowest BCUT2D eigenvalue weighted by Crippen LogP contribution is -2.51. The molecular weight excluding hydrogens is 352 g/mol. The topological polar surface area (TPSA) is 54.4 Å². The van der Waals surface area contributed by atoms with Crippen LogP contribution < -0.4 is 0 Å². The van der Waals surface area contributed by atoms with Crippen LogP contribution in [0.5, 0.6) is 0 Å². The summed E-state index contributed by atoms with van der Waals surface area (Å²) in [6, 6.07) is 18.0. The highest BCUT2D eigenvalue weighted by molar-refractivity contribution is 8.13. The normalized spacial score (nSPS) is 25.4. The van der Waals surface area contributed by atoms with Crippen LogP contribution in [0.1, 0.15) is 32.6 Å². The molecule has 0 bridgehead atoms. The van der Waals surface area contributed by atoms with Crippen molar-refractivity contribution in [1.29, 1.82) is 0 Å². The minimum atomic E-state index is -3.68. The molecule has 1 aliphatic carbocycles. The van der Waals surface area contributed by atoms with Gasteiger partial charge in [0.25, 0.3) is 0 Å². The fourth-order valence-corrected chi connectivity index (χ4v) is 7.46. The average molecular weight is 377 g/mol. The van der Waals surface area contributed by atoms with Gasteiger partial charge in [0.15, 0.2) is 9.84 Å². The molecule has 5 heteroatoms. The van der Waals surface area contributed by atoms with Crippen molar-refractivity contribution in [2.75, 3.05) is 0 Å². The molecule has 0 heterocycles. The van der Waals surface area contributed by atoms with E-state index in [9.17, 15) is 13.5 Å². The molecule has 25 heavy (non-hydrogen) atoms. The van der Waals surface area contributed by atoms with Crippen LogP contribution >= 0.6 is 11.8 Å². The maximum Gasteiger partial charge on any atom is 0.193 e. The van der Waals surface area contributed by atoms with E-state index >= 15 is 0 Å². The molecule has 0 saturated heterocycles. The number of rotatable bonds is 5. The lowest BCUT2D eigenvalue weighted by atomic mass is 9.77. The van der Waals surface area contributed by atoms with Crippen LogP contribution in [0.15, 0.2) is 70.5 Å². The summed E-state index contributed by atoms with van der Waals surface area (Å²) in [5.74, 6) is -0.0547. The molecule has 3 nitrogen and oxygen atoms in total. The van der Waals surface area contributed by atoms with Gasteiger partial charge in [0.05, 0.1) is 10.5 Å². The Kier molecular flexibility index (Phi) is 5.56. The number of thioether (sulfide) groups is 1. The third kappa shape index (κ3) is 3.78. The van der Waals surface area contributed by atoms with Gasteiger partial charge < -0.3 is 5.11 Å². The zero-order chi connectivity index (χ0) is 17.9. The second kappa shape index (κ2) is 7.52. The lowest BCUT2D eigenvalue weighted by Gasteiger charge is -2.43. The van der Waals surface area contributed by atoms with Crippen molar-refractivity contribution in [2.24, 2.45) is 5.92 Å². The van der Waals surface area contributed by atoms with Gasteiger partial charge in [0, 0.05) is 4.90 Å². The largest absolute Gasteiger partial charge is 0.387 e. The van der Waals surface area contributed by atoms with E-state index in [4.69, 9.17) is 0 Å². The Hall–Kier alpha value is -1.30. The number of hydrogen-bond donors (Lipinski definition) is 1. The number of sulfone groups is 1. The van der Waals surface area contributed by atoms with E-state index in [1.54, 1.807) is 30.3 Å². The summed E-state index contributed by atoms with van der Waals surface area (Å²) in [7, 11) is -3.68. The average Bonchev–Trinajstić information content (AvgIpc) is 2.64. The third-order valence-corrected chi connectivity index (χ3v) is 9.18. The molecular formula is C20H24O3S2. The van der Waals surface area contributed by atoms with Crippen LogP contribution in [-0.2, 0) is 9.84 Å². The van der Waals surface area contributed by atoms with Crippen molar-refractivity contribution in [3.63, 3.8) is 0 Å². The van der Waals surface area contributed by atoms with Crippen LogP contribution in [0, 0.1) is 5.92 Å². The third-order valence-electron chi connectivity index (χ3n) is 5.07. The van der Waals surface area contributed by atoms with E-state index in [0.29, 0.717) is 6.42 Å². The van der Waals surface area contributed by atoms with E-state index in [0.717, 1.165) is 24.2 Å². The fraction of sp³-hybridized carbons (Fsp3) is 0.400. The molecule has 1 aliphatic rings. The van der Waals surface area contributed by atoms with Gasteiger partial charge in [-0.25, -0.2) is 8.42 Å². The second-order valence-corrected chi connectivity index (χ2v) is 10.3. The molecule has 0 spiro atoms. The van der Waals surface area contributed by atoms with Crippen LogP contribution in [0.25, 0.3) is 0 Å². The van der Waals surface area contributed by atoms with Gasteiger partial charge in [-0.15, -0.1) is 11.8 Å². The predicted molar refractivity (Wildman–Crippen MR) is 102 cm³/mol.